The molecule has 34 heavy (non-hydrogen) atoms. The molecule has 0 atom stereocenters. The molecule has 0 saturated heterocycles. The van der Waals surface area contributed by atoms with Crippen molar-refractivity contribution >= 4 is 15.9 Å². The highest BCUT2D eigenvalue weighted by molar-refractivity contribution is 7.89. The normalized spacial score (nSPS) is 12.8. The highest BCUT2D eigenvalue weighted by Crippen LogP contribution is 2.40. The van der Waals surface area contributed by atoms with Crippen molar-refractivity contribution in [1.82, 2.24) is 10.0 Å². The van der Waals surface area contributed by atoms with Crippen LogP contribution in [0.3, 0.4) is 0 Å². The Morgan fingerprint density at radius 2 is 1.74 bits per heavy atom. The number of hydrogen-bond donors (Lipinski definition) is 2. The number of carbonyl (C=O) groups is 1. The quantitative estimate of drug-likeness (QED) is 0.508. The summed E-state index contributed by atoms with van der Waals surface area (Å²) in [6.07, 6.45) is 0. The number of rotatable bonds is 8. The predicted molar refractivity (Wildman–Crippen MR) is 122 cm³/mol. The summed E-state index contributed by atoms with van der Waals surface area (Å²) in [5, 5.41) is 2.77. The molecule has 0 fully saturated rings. The zero-order valence-corrected chi connectivity index (χ0v) is 19.2. The third-order valence-electron chi connectivity index (χ3n) is 5.11. The smallest absolute Gasteiger partial charge is 0.251 e. The zero-order valence-electron chi connectivity index (χ0n) is 18.3. The number of fused-ring (bicyclic) bond motifs is 1. The molecule has 0 spiro atoms. The number of halogens is 1. The van der Waals surface area contributed by atoms with Crippen LogP contribution in [-0.2, 0) is 23.1 Å². The molecular weight excluding hydrogens is 463 g/mol. The monoisotopic (exact) mass is 486 g/mol. The van der Waals surface area contributed by atoms with Gasteiger partial charge in [-0.05, 0) is 47.5 Å². The highest BCUT2D eigenvalue weighted by Gasteiger charge is 2.21. The van der Waals surface area contributed by atoms with Gasteiger partial charge in [-0.1, -0.05) is 24.3 Å². The first-order valence-electron chi connectivity index (χ1n) is 10.4. The summed E-state index contributed by atoms with van der Waals surface area (Å²) in [4.78, 5) is 12.8. The lowest BCUT2D eigenvalue weighted by Gasteiger charge is -2.21. The van der Waals surface area contributed by atoms with Crippen LogP contribution in [0.15, 0.2) is 65.6 Å². The van der Waals surface area contributed by atoms with E-state index in [4.69, 9.17) is 14.2 Å². The fourth-order valence-corrected chi connectivity index (χ4v) is 4.51. The first-order chi connectivity index (χ1) is 16.4. The van der Waals surface area contributed by atoms with E-state index in [1.807, 2.05) is 0 Å². The molecule has 0 saturated carbocycles. The molecular formula is C24H23FN2O6S. The third kappa shape index (κ3) is 5.46. The van der Waals surface area contributed by atoms with Gasteiger partial charge in [-0.2, -0.15) is 0 Å². The lowest BCUT2D eigenvalue weighted by molar-refractivity contribution is 0.0949. The Balaban J connectivity index is 1.43. The Morgan fingerprint density at radius 1 is 1.00 bits per heavy atom. The summed E-state index contributed by atoms with van der Waals surface area (Å²) in [6.45, 7) is 0.816. The van der Waals surface area contributed by atoms with Crippen molar-refractivity contribution in [2.45, 2.75) is 18.0 Å². The van der Waals surface area contributed by atoms with Gasteiger partial charge < -0.3 is 19.5 Å². The Morgan fingerprint density at radius 3 is 2.50 bits per heavy atom. The van der Waals surface area contributed by atoms with Crippen molar-refractivity contribution in [3.63, 3.8) is 0 Å². The number of benzene rings is 3. The molecule has 1 amide bonds. The number of carbonyl (C=O) groups excluding carboxylic acids is 1. The SMILES string of the molecule is COc1cc(C(=O)NCc2cccc(S(=O)(=O)NCc3cccc(F)c3)c2)cc2c1OCCO2. The van der Waals surface area contributed by atoms with Gasteiger partial charge in [-0.15, -0.1) is 0 Å². The average Bonchev–Trinajstić information content (AvgIpc) is 2.85. The maximum absolute atomic E-state index is 13.3. The summed E-state index contributed by atoms with van der Waals surface area (Å²) >= 11 is 0. The first kappa shape index (κ1) is 23.5. The van der Waals surface area contributed by atoms with Crippen LogP contribution in [0, 0.1) is 5.82 Å². The summed E-state index contributed by atoms with van der Waals surface area (Å²) in [5.41, 5.74) is 1.41. The fraction of sp³-hybridized carbons (Fsp3) is 0.208. The molecule has 4 rings (SSSR count). The maximum atomic E-state index is 13.3. The van der Waals surface area contributed by atoms with Crippen LogP contribution >= 0.6 is 0 Å². The van der Waals surface area contributed by atoms with Gasteiger partial charge >= 0.3 is 0 Å². The first-order valence-corrected chi connectivity index (χ1v) is 11.9. The van der Waals surface area contributed by atoms with E-state index in [0.29, 0.717) is 47.2 Å². The molecule has 0 unspecified atom stereocenters. The second-order valence-corrected chi connectivity index (χ2v) is 9.25. The van der Waals surface area contributed by atoms with E-state index >= 15 is 0 Å². The molecule has 1 aliphatic rings. The van der Waals surface area contributed by atoms with Crippen molar-refractivity contribution < 1.29 is 31.8 Å². The van der Waals surface area contributed by atoms with Crippen molar-refractivity contribution in [3.05, 3.63) is 83.2 Å². The minimum absolute atomic E-state index is 0.0386. The van der Waals surface area contributed by atoms with Gasteiger partial charge in [-0.25, -0.2) is 17.5 Å². The number of ether oxygens (including phenoxy) is 3. The van der Waals surface area contributed by atoms with Crippen molar-refractivity contribution in [2.24, 2.45) is 0 Å². The van der Waals surface area contributed by atoms with Gasteiger partial charge in [0.15, 0.2) is 11.5 Å². The molecule has 1 aliphatic heterocycles. The van der Waals surface area contributed by atoms with Crippen LogP contribution in [0.25, 0.3) is 0 Å². The van der Waals surface area contributed by atoms with Gasteiger partial charge in [0.05, 0.1) is 12.0 Å². The minimum Gasteiger partial charge on any atom is -0.493 e. The lowest BCUT2D eigenvalue weighted by Crippen LogP contribution is -2.25. The number of nitrogens with one attached hydrogen (secondary N) is 2. The Bertz CT molecular complexity index is 1300. The molecule has 3 aromatic carbocycles. The summed E-state index contributed by atoms with van der Waals surface area (Å²) in [5.74, 6) is 0.444. The van der Waals surface area contributed by atoms with E-state index in [1.54, 1.807) is 30.3 Å². The van der Waals surface area contributed by atoms with Crippen molar-refractivity contribution in [1.29, 1.82) is 0 Å². The molecule has 178 valence electrons. The fourth-order valence-electron chi connectivity index (χ4n) is 3.42. The van der Waals surface area contributed by atoms with E-state index in [1.165, 1.54) is 37.4 Å². The zero-order chi connectivity index (χ0) is 24.1. The van der Waals surface area contributed by atoms with Crippen molar-refractivity contribution in [2.75, 3.05) is 20.3 Å². The van der Waals surface area contributed by atoms with E-state index in [0.717, 1.165) is 0 Å². The average molecular weight is 487 g/mol. The minimum atomic E-state index is -3.84. The second-order valence-electron chi connectivity index (χ2n) is 7.49. The third-order valence-corrected chi connectivity index (χ3v) is 6.51. The molecule has 0 aromatic heterocycles. The Kier molecular flexibility index (Phi) is 6.99. The molecule has 0 aliphatic carbocycles. The van der Waals surface area contributed by atoms with Gasteiger partial charge in [0.25, 0.3) is 5.91 Å². The molecule has 8 nitrogen and oxygen atoms in total. The van der Waals surface area contributed by atoms with Crippen LogP contribution in [-0.4, -0.2) is 34.6 Å². The van der Waals surface area contributed by atoms with Gasteiger partial charge in [0.2, 0.25) is 15.8 Å². The maximum Gasteiger partial charge on any atom is 0.251 e. The van der Waals surface area contributed by atoms with Gasteiger partial charge in [0, 0.05) is 18.7 Å². The molecule has 1 heterocycles. The Labute approximate surface area is 196 Å². The van der Waals surface area contributed by atoms with Crippen LogP contribution < -0.4 is 24.2 Å². The number of methoxy groups -OCH3 is 1. The molecule has 3 aromatic rings. The standard InChI is InChI=1S/C24H23FN2O6S/c1-31-21-12-18(13-22-23(21)33-9-8-32-22)24(28)26-14-17-5-3-7-20(11-17)34(29,30)27-15-16-4-2-6-19(25)10-16/h2-7,10-13,27H,8-9,14-15H2,1H3,(H,26,28). The lowest BCUT2D eigenvalue weighted by atomic mass is 10.1. The van der Waals surface area contributed by atoms with Crippen molar-refractivity contribution in [3.8, 4) is 17.2 Å². The van der Waals surface area contributed by atoms with Gasteiger partial charge in [0.1, 0.15) is 19.0 Å². The van der Waals surface area contributed by atoms with E-state index < -0.39 is 15.8 Å². The number of sulfonamides is 1. The van der Waals surface area contributed by atoms with E-state index in [2.05, 4.69) is 10.0 Å². The summed E-state index contributed by atoms with van der Waals surface area (Å²) in [6, 6.07) is 15.0. The largest absolute Gasteiger partial charge is 0.493 e. The van der Waals surface area contributed by atoms with Crippen LogP contribution in [0.2, 0.25) is 0 Å². The Hall–Kier alpha value is -3.63. The van der Waals surface area contributed by atoms with Crippen LogP contribution in [0.1, 0.15) is 21.5 Å². The molecule has 10 heteroatoms. The predicted octanol–water partition coefficient (Wildman–Crippen LogP) is 3.01. The van der Waals surface area contributed by atoms with Crippen LogP contribution in [0.4, 0.5) is 4.39 Å². The van der Waals surface area contributed by atoms with E-state index in [9.17, 15) is 17.6 Å². The highest BCUT2D eigenvalue weighted by atomic mass is 32.2. The summed E-state index contributed by atoms with van der Waals surface area (Å²) < 4.78 is 57.5. The molecule has 0 radical (unpaired) electrons. The molecule has 2 N–H and O–H groups in total. The number of hydrogen-bond acceptors (Lipinski definition) is 6. The second kappa shape index (κ2) is 10.1. The summed E-state index contributed by atoms with van der Waals surface area (Å²) in [7, 11) is -2.36. The molecule has 0 bridgehead atoms. The topological polar surface area (TPSA) is 103 Å². The number of amides is 1. The van der Waals surface area contributed by atoms with Gasteiger partial charge in [-0.3, -0.25) is 4.79 Å². The van der Waals surface area contributed by atoms with E-state index in [-0.39, 0.29) is 23.9 Å². The van der Waals surface area contributed by atoms with Crippen LogP contribution in [0.5, 0.6) is 17.2 Å².